The highest BCUT2D eigenvalue weighted by Crippen LogP contribution is 2.79. The molecule has 2 aromatic heterocycles. The van der Waals surface area contributed by atoms with E-state index in [1.807, 2.05) is 18.2 Å². The van der Waals surface area contributed by atoms with Crippen LogP contribution in [0.25, 0.3) is 10.2 Å². The van der Waals surface area contributed by atoms with E-state index in [9.17, 15) is 9.00 Å². The molecule has 2 saturated carbocycles. The molecule has 8 heteroatoms. The third-order valence-corrected chi connectivity index (χ3v) is 7.34. The lowest BCUT2D eigenvalue weighted by atomic mass is 10.2. The van der Waals surface area contributed by atoms with Crippen molar-refractivity contribution >= 4 is 49.9 Å². The number of carbonyl (C=O) groups excluding carboxylic acids is 1. The van der Waals surface area contributed by atoms with Crippen molar-refractivity contribution in [2.24, 2.45) is 0 Å². The molecule has 1 atom stereocenters. The largest absolute Gasteiger partial charge is 0.442 e. The van der Waals surface area contributed by atoms with Crippen molar-refractivity contribution in [3.8, 4) is 0 Å². The van der Waals surface area contributed by atoms with E-state index in [0.717, 1.165) is 28.1 Å². The molecular formula is C17H13ClN2O3S2. The van der Waals surface area contributed by atoms with Gasteiger partial charge in [-0.1, -0.05) is 11.6 Å². The second-order valence-electron chi connectivity index (χ2n) is 6.68. The highest BCUT2D eigenvalue weighted by Gasteiger charge is 2.86. The van der Waals surface area contributed by atoms with E-state index in [0.29, 0.717) is 10.1 Å². The van der Waals surface area contributed by atoms with Crippen molar-refractivity contribution in [1.82, 2.24) is 10.3 Å². The lowest BCUT2D eigenvalue weighted by Gasteiger charge is -2.03. The summed E-state index contributed by atoms with van der Waals surface area (Å²) in [4.78, 5) is 17.1. The van der Waals surface area contributed by atoms with Crippen molar-refractivity contribution in [1.29, 1.82) is 0 Å². The molecule has 1 aromatic carbocycles. The van der Waals surface area contributed by atoms with Crippen LogP contribution in [0.4, 0.5) is 0 Å². The van der Waals surface area contributed by atoms with Gasteiger partial charge in [0.15, 0.2) is 10.9 Å². The minimum Gasteiger partial charge on any atom is -0.442 e. The van der Waals surface area contributed by atoms with Crippen LogP contribution in [-0.2, 0) is 16.2 Å². The first-order chi connectivity index (χ1) is 11.9. The second kappa shape index (κ2) is 4.93. The number of carbonyl (C=O) groups is 1. The van der Waals surface area contributed by atoms with Gasteiger partial charge in [-0.15, -0.1) is 11.3 Å². The highest BCUT2D eigenvalue weighted by molar-refractivity contribution is 7.84. The molecule has 0 radical (unpaired) electrons. The monoisotopic (exact) mass is 392 g/mol. The minimum atomic E-state index is -1.24. The fraction of sp³-hybridized carbons (Fsp3) is 0.294. The molecule has 0 aliphatic heterocycles. The number of furan rings is 1. The van der Waals surface area contributed by atoms with Crippen LogP contribution in [-0.4, -0.2) is 26.9 Å². The van der Waals surface area contributed by atoms with E-state index in [-0.39, 0.29) is 22.6 Å². The van der Waals surface area contributed by atoms with Gasteiger partial charge < -0.3 is 9.73 Å². The van der Waals surface area contributed by atoms with Gasteiger partial charge in [0.2, 0.25) is 0 Å². The van der Waals surface area contributed by atoms with Crippen molar-refractivity contribution in [2.45, 2.75) is 28.9 Å². The first-order valence-electron chi connectivity index (χ1n) is 7.75. The molecule has 2 fully saturated rings. The van der Waals surface area contributed by atoms with Gasteiger partial charge in [-0.05, 0) is 43.2 Å². The van der Waals surface area contributed by atoms with Crippen molar-refractivity contribution in [3.63, 3.8) is 0 Å². The lowest BCUT2D eigenvalue weighted by Crippen LogP contribution is -2.30. The fourth-order valence-corrected chi connectivity index (χ4v) is 5.30. The number of rotatable bonds is 4. The molecule has 5 rings (SSSR count). The maximum Gasteiger partial charge on any atom is 0.287 e. The van der Waals surface area contributed by atoms with E-state index in [2.05, 4.69) is 5.32 Å². The summed E-state index contributed by atoms with van der Waals surface area (Å²) < 4.78 is 17.9. The number of nitrogens with one attached hydrogen (secondary N) is 1. The van der Waals surface area contributed by atoms with Crippen LogP contribution in [0, 0.1) is 0 Å². The Bertz CT molecular complexity index is 1060. The number of halogens is 1. The Balaban J connectivity index is 1.37. The second-order valence-corrected chi connectivity index (χ2v) is 9.45. The van der Waals surface area contributed by atoms with Gasteiger partial charge in [0.05, 0.1) is 26.6 Å². The molecule has 1 amide bonds. The molecule has 128 valence electrons. The van der Waals surface area contributed by atoms with Crippen LogP contribution in [0.3, 0.4) is 0 Å². The molecule has 1 unspecified atom stereocenters. The third-order valence-electron chi connectivity index (χ3n) is 5.07. The maximum absolute atomic E-state index is 12.4. The van der Waals surface area contributed by atoms with Crippen molar-refractivity contribution in [3.05, 3.63) is 46.1 Å². The predicted octanol–water partition coefficient (Wildman–Crippen LogP) is 3.49. The van der Waals surface area contributed by atoms with Gasteiger partial charge in [0, 0.05) is 16.7 Å². The molecule has 2 aliphatic rings. The Morgan fingerprint density at radius 3 is 2.88 bits per heavy atom. The summed E-state index contributed by atoms with van der Waals surface area (Å²) in [6, 6.07) is 8.86. The van der Waals surface area contributed by atoms with Crippen molar-refractivity contribution in [2.75, 3.05) is 6.26 Å². The molecule has 25 heavy (non-hydrogen) atoms. The quantitative estimate of drug-likeness (QED) is 0.737. The average molecular weight is 393 g/mol. The van der Waals surface area contributed by atoms with Gasteiger partial charge in [-0.2, -0.15) is 0 Å². The molecule has 3 aromatic rings. The number of thiazole rings is 1. The van der Waals surface area contributed by atoms with Crippen molar-refractivity contribution < 1.29 is 13.4 Å². The SMILES string of the molecule is CS(=O)c1ccc(C(=O)NC23CC2(c2nc4cc(Cl)ccc4s2)C3)o1. The summed E-state index contributed by atoms with van der Waals surface area (Å²) in [5.41, 5.74) is 0.657. The lowest BCUT2D eigenvalue weighted by molar-refractivity contribution is 0.0909. The zero-order chi connectivity index (χ0) is 17.4. The number of hydrogen-bond acceptors (Lipinski definition) is 5. The van der Waals surface area contributed by atoms with Crippen LogP contribution in [0.1, 0.15) is 28.4 Å². The molecular weight excluding hydrogens is 380 g/mol. The molecule has 2 aliphatic carbocycles. The third kappa shape index (κ3) is 2.22. The molecule has 2 heterocycles. The van der Waals surface area contributed by atoms with Crippen LogP contribution < -0.4 is 5.32 Å². The highest BCUT2D eigenvalue weighted by atomic mass is 35.5. The summed E-state index contributed by atoms with van der Waals surface area (Å²) in [7, 11) is -1.24. The summed E-state index contributed by atoms with van der Waals surface area (Å²) in [6.45, 7) is 0. The van der Waals surface area contributed by atoms with E-state index in [1.54, 1.807) is 23.5 Å². The van der Waals surface area contributed by atoms with E-state index in [1.165, 1.54) is 6.26 Å². The summed E-state index contributed by atoms with van der Waals surface area (Å²) in [5, 5.41) is 5.12. The van der Waals surface area contributed by atoms with Gasteiger partial charge in [0.1, 0.15) is 5.01 Å². The first kappa shape index (κ1) is 15.5. The van der Waals surface area contributed by atoms with Crippen LogP contribution in [0.5, 0.6) is 0 Å². The maximum atomic E-state index is 12.4. The molecule has 5 nitrogen and oxygen atoms in total. The van der Waals surface area contributed by atoms with Gasteiger partial charge >= 0.3 is 0 Å². The Morgan fingerprint density at radius 1 is 1.36 bits per heavy atom. The number of benzene rings is 1. The smallest absolute Gasteiger partial charge is 0.287 e. The van der Waals surface area contributed by atoms with E-state index >= 15 is 0 Å². The zero-order valence-electron chi connectivity index (χ0n) is 13.2. The zero-order valence-corrected chi connectivity index (χ0v) is 15.6. The Hall–Kier alpha value is -1.70. The van der Waals surface area contributed by atoms with Crippen LogP contribution >= 0.6 is 22.9 Å². The number of amides is 1. The fourth-order valence-electron chi connectivity index (χ4n) is 3.43. The van der Waals surface area contributed by atoms with E-state index in [4.69, 9.17) is 21.0 Å². The topological polar surface area (TPSA) is 72.2 Å². The standard InChI is InChI=1S/C17H13ClN2O3S2/c1-25(22)13-5-3-11(23-13)14(21)20-17-7-16(17,8-17)15-19-10-6-9(18)2-4-12(10)24-15/h2-6H,7-8H2,1H3,(H,20,21). The number of hydrogen-bond donors (Lipinski definition) is 1. The average Bonchev–Trinajstić information content (AvgIpc) is 3.13. The van der Waals surface area contributed by atoms with Gasteiger partial charge in [-0.3, -0.25) is 9.00 Å². The van der Waals surface area contributed by atoms with Crippen LogP contribution in [0.15, 0.2) is 39.8 Å². The molecule has 0 bridgehead atoms. The Labute approximate surface area is 154 Å². The summed E-state index contributed by atoms with van der Waals surface area (Å²) in [5.74, 6) is -0.0661. The normalized spacial score (nSPS) is 27.8. The van der Waals surface area contributed by atoms with Gasteiger partial charge in [0.25, 0.3) is 5.91 Å². The molecule has 1 N–H and O–H groups in total. The summed E-state index contributed by atoms with van der Waals surface area (Å²) >= 11 is 7.69. The van der Waals surface area contributed by atoms with E-state index < -0.39 is 10.8 Å². The van der Waals surface area contributed by atoms with Gasteiger partial charge in [-0.25, -0.2) is 4.98 Å². The predicted molar refractivity (Wildman–Crippen MR) is 96.8 cm³/mol. The minimum absolute atomic E-state index is 0.0399. The Kier molecular flexibility index (Phi) is 3.07. The van der Waals surface area contributed by atoms with Crippen LogP contribution in [0.2, 0.25) is 5.02 Å². The number of aromatic nitrogens is 1. The number of nitrogens with zero attached hydrogens (tertiary/aromatic N) is 1. The molecule has 0 spiro atoms. The first-order valence-corrected chi connectivity index (χ1v) is 10.5. The summed E-state index contributed by atoms with van der Waals surface area (Å²) in [6.07, 6.45) is 3.31. The Morgan fingerprint density at radius 2 is 2.16 bits per heavy atom. The number of fused-ring (bicyclic) bond motifs is 2. The molecule has 0 saturated heterocycles.